The lowest BCUT2D eigenvalue weighted by Crippen LogP contribution is -2.43. The molecular formula is C11H24N2. The Morgan fingerprint density at radius 3 is 2.54 bits per heavy atom. The van der Waals surface area contributed by atoms with Gasteiger partial charge in [-0.05, 0) is 44.7 Å². The molecule has 1 unspecified atom stereocenters. The van der Waals surface area contributed by atoms with E-state index >= 15 is 0 Å². The molecule has 1 heterocycles. The zero-order valence-electron chi connectivity index (χ0n) is 9.32. The Labute approximate surface area is 82.5 Å². The zero-order chi connectivity index (χ0) is 9.73. The van der Waals surface area contributed by atoms with Crippen molar-refractivity contribution in [3.8, 4) is 0 Å². The summed E-state index contributed by atoms with van der Waals surface area (Å²) in [5, 5.41) is 7.03. The van der Waals surface area contributed by atoms with Crippen LogP contribution in [-0.2, 0) is 0 Å². The first kappa shape index (κ1) is 11.0. The Balaban J connectivity index is 2.24. The third-order valence-electron chi connectivity index (χ3n) is 3.30. The minimum absolute atomic E-state index is 0.536. The van der Waals surface area contributed by atoms with Crippen LogP contribution in [0.5, 0.6) is 0 Å². The smallest absolute Gasteiger partial charge is 0.00363 e. The van der Waals surface area contributed by atoms with Gasteiger partial charge in [0.1, 0.15) is 0 Å². The first-order valence-electron chi connectivity index (χ1n) is 5.60. The van der Waals surface area contributed by atoms with Crippen LogP contribution in [0.2, 0.25) is 0 Å². The van der Waals surface area contributed by atoms with Gasteiger partial charge in [0.25, 0.3) is 0 Å². The van der Waals surface area contributed by atoms with Crippen molar-refractivity contribution in [2.24, 2.45) is 5.41 Å². The fourth-order valence-corrected chi connectivity index (χ4v) is 1.77. The largest absolute Gasteiger partial charge is 0.317 e. The van der Waals surface area contributed by atoms with Crippen LogP contribution in [0, 0.1) is 5.41 Å². The van der Waals surface area contributed by atoms with Crippen LogP contribution in [0.1, 0.15) is 40.0 Å². The molecule has 1 rings (SSSR count). The molecule has 2 heteroatoms. The molecule has 1 atom stereocenters. The molecule has 2 N–H and O–H groups in total. The van der Waals surface area contributed by atoms with Crippen molar-refractivity contribution in [2.45, 2.75) is 46.1 Å². The maximum absolute atomic E-state index is 3.61. The number of hydrogen-bond acceptors (Lipinski definition) is 2. The maximum atomic E-state index is 3.61. The van der Waals surface area contributed by atoms with Crippen LogP contribution in [0.3, 0.4) is 0 Å². The summed E-state index contributed by atoms with van der Waals surface area (Å²) in [5.74, 6) is 0. The van der Waals surface area contributed by atoms with Crippen molar-refractivity contribution in [3.05, 3.63) is 0 Å². The first-order valence-corrected chi connectivity index (χ1v) is 5.60. The monoisotopic (exact) mass is 184 g/mol. The lowest BCUT2D eigenvalue weighted by Gasteiger charge is -2.35. The Hall–Kier alpha value is -0.0800. The van der Waals surface area contributed by atoms with Crippen LogP contribution < -0.4 is 10.6 Å². The molecule has 13 heavy (non-hydrogen) atoms. The van der Waals surface area contributed by atoms with Crippen molar-refractivity contribution in [3.63, 3.8) is 0 Å². The standard InChI is InChI=1S/C11H24N2/c1-4-10(2)13-9-11(3)5-7-12-8-6-11/h10,12-13H,4-9H2,1-3H3. The van der Waals surface area contributed by atoms with Crippen molar-refractivity contribution in [1.82, 2.24) is 10.6 Å². The number of hydrogen-bond donors (Lipinski definition) is 2. The molecule has 0 saturated carbocycles. The van der Waals surface area contributed by atoms with Crippen LogP contribution in [0.25, 0.3) is 0 Å². The van der Waals surface area contributed by atoms with E-state index in [1.54, 1.807) is 0 Å². The Bertz CT molecular complexity index is 139. The molecule has 0 aromatic heterocycles. The van der Waals surface area contributed by atoms with Gasteiger partial charge in [-0.25, -0.2) is 0 Å². The van der Waals surface area contributed by atoms with Gasteiger partial charge in [-0.15, -0.1) is 0 Å². The molecule has 0 aromatic carbocycles. The van der Waals surface area contributed by atoms with Gasteiger partial charge < -0.3 is 10.6 Å². The summed E-state index contributed by atoms with van der Waals surface area (Å²) in [5.41, 5.74) is 0.536. The second-order valence-electron chi connectivity index (χ2n) is 4.75. The summed E-state index contributed by atoms with van der Waals surface area (Å²) in [6.07, 6.45) is 3.86. The highest BCUT2D eigenvalue weighted by molar-refractivity contribution is 4.83. The van der Waals surface area contributed by atoms with E-state index in [2.05, 4.69) is 31.4 Å². The fourth-order valence-electron chi connectivity index (χ4n) is 1.77. The summed E-state index contributed by atoms with van der Waals surface area (Å²) < 4.78 is 0. The molecule has 1 saturated heterocycles. The second-order valence-corrected chi connectivity index (χ2v) is 4.75. The van der Waals surface area contributed by atoms with Gasteiger partial charge in [-0.2, -0.15) is 0 Å². The van der Waals surface area contributed by atoms with Crippen LogP contribution in [0.4, 0.5) is 0 Å². The van der Waals surface area contributed by atoms with Crippen molar-refractivity contribution in [1.29, 1.82) is 0 Å². The number of nitrogens with one attached hydrogen (secondary N) is 2. The minimum Gasteiger partial charge on any atom is -0.317 e. The molecule has 1 aliphatic heterocycles. The SMILES string of the molecule is CCC(C)NCC1(C)CCNCC1. The molecule has 0 radical (unpaired) electrons. The van der Waals surface area contributed by atoms with E-state index in [1.807, 2.05) is 0 Å². The molecule has 0 bridgehead atoms. The van der Waals surface area contributed by atoms with Crippen LogP contribution in [-0.4, -0.2) is 25.7 Å². The Morgan fingerprint density at radius 1 is 1.38 bits per heavy atom. The second kappa shape index (κ2) is 4.97. The van der Waals surface area contributed by atoms with Gasteiger partial charge in [-0.3, -0.25) is 0 Å². The molecule has 0 aliphatic carbocycles. The third kappa shape index (κ3) is 3.65. The van der Waals surface area contributed by atoms with E-state index in [0.29, 0.717) is 11.5 Å². The average Bonchev–Trinajstić information content (AvgIpc) is 2.15. The minimum atomic E-state index is 0.536. The molecular weight excluding hydrogens is 160 g/mol. The first-order chi connectivity index (χ1) is 6.16. The van der Waals surface area contributed by atoms with E-state index in [0.717, 1.165) is 0 Å². The summed E-state index contributed by atoms with van der Waals surface area (Å²) in [6, 6.07) is 0.673. The van der Waals surface area contributed by atoms with E-state index in [1.165, 1.54) is 38.9 Å². The molecule has 1 aliphatic rings. The van der Waals surface area contributed by atoms with E-state index in [9.17, 15) is 0 Å². The quantitative estimate of drug-likeness (QED) is 0.696. The number of piperidine rings is 1. The third-order valence-corrected chi connectivity index (χ3v) is 3.30. The van der Waals surface area contributed by atoms with Gasteiger partial charge in [0, 0.05) is 12.6 Å². The normalized spacial score (nSPS) is 24.2. The lowest BCUT2D eigenvalue weighted by molar-refractivity contribution is 0.213. The van der Waals surface area contributed by atoms with Crippen molar-refractivity contribution >= 4 is 0 Å². The van der Waals surface area contributed by atoms with Crippen LogP contribution in [0.15, 0.2) is 0 Å². The average molecular weight is 184 g/mol. The molecule has 0 aromatic rings. The van der Waals surface area contributed by atoms with Crippen molar-refractivity contribution in [2.75, 3.05) is 19.6 Å². The molecule has 78 valence electrons. The van der Waals surface area contributed by atoms with Gasteiger partial charge in [0.2, 0.25) is 0 Å². The summed E-state index contributed by atoms with van der Waals surface area (Å²) >= 11 is 0. The van der Waals surface area contributed by atoms with Gasteiger partial charge in [0.15, 0.2) is 0 Å². The fraction of sp³-hybridized carbons (Fsp3) is 1.00. The van der Waals surface area contributed by atoms with E-state index in [4.69, 9.17) is 0 Å². The Kier molecular flexibility index (Phi) is 4.20. The molecule has 1 fully saturated rings. The number of rotatable bonds is 4. The topological polar surface area (TPSA) is 24.1 Å². The summed E-state index contributed by atoms with van der Waals surface area (Å²) in [4.78, 5) is 0. The van der Waals surface area contributed by atoms with E-state index in [-0.39, 0.29) is 0 Å². The highest BCUT2D eigenvalue weighted by atomic mass is 14.9. The predicted molar refractivity (Wildman–Crippen MR) is 58.0 cm³/mol. The van der Waals surface area contributed by atoms with E-state index < -0.39 is 0 Å². The molecule has 0 amide bonds. The molecule has 2 nitrogen and oxygen atoms in total. The molecule has 0 spiro atoms. The van der Waals surface area contributed by atoms with Crippen molar-refractivity contribution < 1.29 is 0 Å². The summed E-state index contributed by atoms with van der Waals surface area (Å²) in [6.45, 7) is 10.5. The highest BCUT2D eigenvalue weighted by Gasteiger charge is 2.26. The van der Waals surface area contributed by atoms with Gasteiger partial charge in [0.05, 0.1) is 0 Å². The Morgan fingerprint density at radius 2 is 2.00 bits per heavy atom. The maximum Gasteiger partial charge on any atom is 0.00363 e. The lowest BCUT2D eigenvalue weighted by atomic mass is 9.81. The van der Waals surface area contributed by atoms with Crippen LogP contribution >= 0.6 is 0 Å². The highest BCUT2D eigenvalue weighted by Crippen LogP contribution is 2.26. The van der Waals surface area contributed by atoms with Gasteiger partial charge in [-0.1, -0.05) is 13.8 Å². The van der Waals surface area contributed by atoms with Gasteiger partial charge >= 0.3 is 0 Å². The predicted octanol–water partition coefficient (Wildman–Crippen LogP) is 1.76. The summed E-state index contributed by atoms with van der Waals surface area (Å²) in [7, 11) is 0. The zero-order valence-corrected chi connectivity index (χ0v) is 9.32.